The van der Waals surface area contributed by atoms with E-state index in [1.54, 1.807) is 0 Å². The lowest BCUT2D eigenvalue weighted by Crippen LogP contribution is -2.35. The van der Waals surface area contributed by atoms with E-state index in [1.165, 1.54) is 53.7 Å². The summed E-state index contributed by atoms with van der Waals surface area (Å²) >= 11 is 6.68. The number of amides is 1. The van der Waals surface area contributed by atoms with Crippen LogP contribution in [-0.2, 0) is 19.6 Å². The van der Waals surface area contributed by atoms with Crippen LogP contribution in [0.1, 0.15) is 10.4 Å². The van der Waals surface area contributed by atoms with Crippen molar-refractivity contribution in [3.63, 3.8) is 0 Å². The number of esters is 1. The third kappa shape index (κ3) is 5.21. The molecular weight excluding hydrogens is 472 g/mol. The molecule has 31 heavy (non-hydrogen) atoms. The summed E-state index contributed by atoms with van der Waals surface area (Å²) in [5, 5.41) is 2.50. The molecule has 1 N–H and O–H groups in total. The number of benzene rings is 1. The molecule has 0 aliphatic heterocycles. The van der Waals surface area contributed by atoms with Gasteiger partial charge in [0.1, 0.15) is 9.90 Å². The number of likely N-dealkylation sites (N-methyl/N-ethyl adjacent to an activating group) is 1. The molecule has 0 aliphatic rings. The van der Waals surface area contributed by atoms with E-state index in [-0.39, 0.29) is 32.7 Å². The first kappa shape index (κ1) is 24.7. The molecule has 0 spiro atoms. The first-order valence-electron chi connectivity index (χ1n) is 8.53. The molecule has 0 saturated carbocycles. The number of hydrogen-bond donors (Lipinski definition) is 1. The van der Waals surface area contributed by atoms with Gasteiger partial charge in [-0.3, -0.25) is 4.79 Å². The smallest absolute Gasteiger partial charge is 0.340 e. The van der Waals surface area contributed by atoms with Crippen LogP contribution < -0.4 is 19.5 Å². The van der Waals surface area contributed by atoms with Gasteiger partial charge >= 0.3 is 5.97 Å². The Bertz CT molecular complexity index is 1080. The first-order chi connectivity index (χ1) is 14.6. The fourth-order valence-electron chi connectivity index (χ4n) is 2.61. The van der Waals surface area contributed by atoms with Crippen LogP contribution in [0.15, 0.2) is 22.4 Å². The Balaban J connectivity index is 2.40. The van der Waals surface area contributed by atoms with Crippen molar-refractivity contribution in [2.45, 2.75) is 4.21 Å². The predicted molar refractivity (Wildman–Crippen MR) is 115 cm³/mol. The predicted octanol–water partition coefficient (Wildman–Crippen LogP) is 2.47. The summed E-state index contributed by atoms with van der Waals surface area (Å²) in [7, 11) is 2.52. The van der Waals surface area contributed by atoms with E-state index >= 15 is 0 Å². The van der Waals surface area contributed by atoms with Crippen LogP contribution in [0.5, 0.6) is 17.2 Å². The van der Waals surface area contributed by atoms with Crippen LogP contribution >= 0.6 is 22.9 Å². The maximum absolute atomic E-state index is 12.7. The zero-order chi connectivity index (χ0) is 23.3. The van der Waals surface area contributed by atoms with Crippen molar-refractivity contribution >= 4 is 50.5 Å². The molecule has 170 valence electrons. The van der Waals surface area contributed by atoms with Crippen LogP contribution in [0.2, 0.25) is 4.34 Å². The van der Waals surface area contributed by atoms with Crippen LogP contribution in [-0.4, -0.2) is 66.6 Å². The minimum Gasteiger partial charge on any atom is -0.493 e. The van der Waals surface area contributed by atoms with Gasteiger partial charge < -0.3 is 24.3 Å². The number of rotatable bonds is 9. The Morgan fingerprint density at radius 2 is 1.74 bits per heavy atom. The summed E-state index contributed by atoms with van der Waals surface area (Å²) in [6.07, 6.45) is 0. The molecule has 0 radical (unpaired) electrons. The van der Waals surface area contributed by atoms with E-state index in [4.69, 9.17) is 30.5 Å². The van der Waals surface area contributed by atoms with Gasteiger partial charge in [0.2, 0.25) is 11.7 Å². The van der Waals surface area contributed by atoms with Crippen LogP contribution in [0.4, 0.5) is 5.69 Å². The van der Waals surface area contributed by atoms with Gasteiger partial charge in [0, 0.05) is 13.1 Å². The number of anilines is 1. The lowest BCUT2D eigenvalue weighted by molar-refractivity contribution is -0.116. The van der Waals surface area contributed by atoms with E-state index in [2.05, 4.69) is 5.32 Å². The monoisotopic (exact) mass is 492 g/mol. The highest BCUT2D eigenvalue weighted by atomic mass is 35.5. The number of ether oxygens (including phenoxy) is 4. The second-order valence-electron chi connectivity index (χ2n) is 5.93. The molecule has 1 heterocycles. The molecule has 1 aromatic heterocycles. The van der Waals surface area contributed by atoms with Crippen molar-refractivity contribution in [1.82, 2.24) is 4.31 Å². The van der Waals surface area contributed by atoms with E-state index in [1.807, 2.05) is 0 Å². The highest BCUT2D eigenvalue weighted by molar-refractivity contribution is 7.91. The molecule has 13 heteroatoms. The molecule has 0 saturated heterocycles. The van der Waals surface area contributed by atoms with Gasteiger partial charge in [-0.15, -0.1) is 11.3 Å². The molecule has 0 aliphatic carbocycles. The number of nitrogens with zero attached hydrogens (tertiary/aromatic N) is 1. The molecule has 2 rings (SSSR count). The lowest BCUT2D eigenvalue weighted by atomic mass is 10.1. The Kier molecular flexibility index (Phi) is 8.12. The van der Waals surface area contributed by atoms with Crippen LogP contribution in [0.25, 0.3) is 0 Å². The highest BCUT2D eigenvalue weighted by Gasteiger charge is 2.29. The van der Waals surface area contributed by atoms with Crippen molar-refractivity contribution in [2.24, 2.45) is 0 Å². The van der Waals surface area contributed by atoms with Crippen molar-refractivity contribution in [1.29, 1.82) is 0 Å². The molecule has 0 bridgehead atoms. The third-order valence-electron chi connectivity index (χ3n) is 4.08. The highest BCUT2D eigenvalue weighted by Crippen LogP contribution is 2.45. The number of nitrogens with one attached hydrogen (secondary N) is 1. The fraction of sp³-hybridized carbons (Fsp3) is 0.333. The summed E-state index contributed by atoms with van der Waals surface area (Å²) in [5.41, 5.74) is -0.122. The van der Waals surface area contributed by atoms with Crippen molar-refractivity contribution in [3.8, 4) is 17.2 Å². The number of thiophene rings is 1. The number of sulfonamides is 1. The van der Waals surface area contributed by atoms with Gasteiger partial charge in [-0.05, 0) is 12.1 Å². The third-order valence-corrected chi connectivity index (χ3v) is 7.58. The molecule has 2 aromatic rings. The molecule has 1 aromatic carbocycles. The molecule has 0 atom stereocenters. The Labute approximate surface area is 188 Å². The average molecular weight is 493 g/mol. The number of carbonyl (C=O) groups excluding carboxylic acids is 2. The molecule has 0 unspecified atom stereocenters. The SMILES string of the molecule is COC(=O)c1cc(OC)c(OC)c(OC)c1NC(=O)CN(C)S(=O)(=O)c1ccc(Cl)s1. The topological polar surface area (TPSA) is 120 Å². The second-order valence-corrected chi connectivity index (χ2v) is 9.91. The number of hydrogen-bond acceptors (Lipinski definition) is 9. The van der Waals surface area contributed by atoms with E-state index in [9.17, 15) is 18.0 Å². The van der Waals surface area contributed by atoms with Crippen molar-refractivity contribution in [3.05, 3.63) is 28.1 Å². The van der Waals surface area contributed by atoms with Gasteiger partial charge in [-0.2, -0.15) is 4.31 Å². The summed E-state index contributed by atoms with van der Waals surface area (Å²) in [5.74, 6) is -1.20. The lowest BCUT2D eigenvalue weighted by Gasteiger charge is -2.20. The minimum atomic E-state index is -3.94. The van der Waals surface area contributed by atoms with Crippen molar-refractivity contribution in [2.75, 3.05) is 47.3 Å². The minimum absolute atomic E-state index is 0.00569. The fourth-order valence-corrected chi connectivity index (χ4v) is 5.43. The zero-order valence-corrected chi connectivity index (χ0v) is 19.7. The number of halogens is 1. The summed E-state index contributed by atoms with van der Waals surface area (Å²) < 4.78 is 47.0. The zero-order valence-electron chi connectivity index (χ0n) is 17.3. The quantitative estimate of drug-likeness (QED) is 0.530. The molecular formula is C18H21ClN2O8S2. The average Bonchev–Trinajstić information content (AvgIpc) is 3.19. The Hall–Kier alpha value is -2.54. The van der Waals surface area contributed by atoms with E-state index < -0.39 is 28.4 Å². The number of methoxy groups -OCH3 is 4. The van der Waals surface area contributed by atoms with Crippen LogP contribution in [0.3, 0.4) is 0 Å². The van der Waals surface area contributed by atoms with Gasteiger partial charge in [0.05, 0.1) is 44.9 Å². The summed E-state index contributed by atoms with van der Waals surface area (Å²) in [6, 6.07) is 4.12. The first-order valence-corrected chi connectivity index (χ1v) is 11.2. The largest absolute Gasteiger partial charge is 0.493 e. The van der Waals surface area contributed by atoms with Crippen LogP contribution in [0, 0.1) is 0 Å². The maximum Gasteiger partial charge on any atom is 0.340 e. The van der Waals surface area contributed by atoms with Gasteiger partial charge in [-0.25, -0.2) is 13.2 Å². The summed E-state index contributed by atoms with van der Waals surface area (Å²) in [4.78, 5) is 24.9. The molecule has 10 nitrogen and oxygen atoms in total. The molecule has 1 amide bonds. The maximum atomic E-state index is 12.7. The van der Waals surface area contributed by atoms with Gasteiger partial charge in [0.25, 0.3) is 10.0 Å². The number of carbonyl (C=O) groups is 2. The summed E-state index contributed by atoms with van der Waals surface area (Å²) in [6.45, 7) is -0.546. The van der Waals surface area contributed by atoms with Gasteiger partial charge in [0.15, 0.2) is 11.5 Å². The Morgan fingerprint density at radius 3 is 2.23 bits per heavy atom. The molecule has 0 fully saturated rings. The Morgan fingerprint density at radius 1 is 1.10 bits per heavy atom. The van der Waals surface area contributed by atoms with Gasteiger partial charge in [-0.1, -0.05) is 11.6 Å². The van der Waals surface area contributed by atoms with Crippen molar-refractivity contribution < 1.29 is 37.0 Å². The van der Waals surface area contributed by atoms with E-state index in [0.717, 1.165) is 15.6 Å². The normalized spacial score (nSPS) is 11.2. The second kappa shape index (κ2) is 10.2. The van der Waals surface area contributed by atoms with E-state index in [0.29, 0.717) is 4.34 Å². The standard InChI is InChI=1S/C18H21ClN2O8S2/c1-21(31(24,25)14-7-6-12(19)30-14)9-13(22)20-15-10(18(23)29-5)8-11(26-2)16(27-3)17(15)28-4/h6-8H,9H2,1-5H3,(H,20,22).